The largest absolute Gasteiger partial charge is 0.317 e. The number of sulfone groups is 1. The lowest BCUT2D eigenvalue weighted by Gasteiger charge is -2.38. The standard InChI is InChI=1S/C28H39IN2O2S/c1-6-7-8-21-17-23(11-14-29-21)34(32,33)22-9-10-24-25(18-22)31-26(27(2,3)4)28(24,5)19-20-12-15-30-16-13-20/h9-11,14,17-18,20,30H,6-8,12-13,15-16,19H2,1-5H3/t28-/m0/s1. The molecule has 0 amide bonds. The van der Waals surface area contributed by atoms with E-state index in [1.54, 1.807) is 0 Å². The van der Waals surface area contributed by atoms with Gasteiger partial charge in [-0.3, -0.25) is 4.99 Å². The molecule has 1 atom stereocenters. The van der Waals surface area contributed by atoms with Crippen molar-refractivity contribution < 1.29 is 8.42 Å². The summed E-state index contributed by atoms with van der Waals surface area (Å²) in [5.74, 6) is 0.658. The summed E-state index contributed by atoms with van der Waals surface area (Å²) in [5, 5.41) is 3.47. The highest BCUT2D eigenvalue weighted by Gasteiger charge is 2.45. The number of aliphatic imine (C=N–C) groups is 1. The van der Waals surface area contributed by atoms with Crippen LogP contribution in [-0.4, -0.2) is 30.7 Å². The Morgan fingerprint density at radius 2 is 1.94 bits per heavy atom. The van der Waals surface area contributed by atoms with Crippen LogP contribution in [0.2, 0.25) is 0 Å². The predicted molar refractivity (Wildman–Crippen MR) is 154 cm³/mol. The normalized spacial score (nSPS) is 23.6. The molecule has 0 aromatic heterocycles. The molecule has 34 heavy (non-hydrogen) atoms. The van der Waals surface area contributed by atoms with Crippen LogP contribution in [-0.2, 0) is 15.3 Å². The first-order chi connectivity index (χ1) is 16.1. The van der Waals surface area contributed by atoms with E-state index in [1.807, 2.05) is 30.4 Å². The van der Waals surface area contributed by atoms with Gasteiger partial charge in [0.15, 0.2) is 0 Å². The maximum atomic E-state index is 13.6. The fraction of sp³-hybridized carbons (Fsp3) is 0.571. The lowest BCUT2D eigenvalue weighted by Crippen LogP contribution is -2.41. The van der Waals surface area contributed by atoms with E-state index in [1.165, 1.54) is 27.6 Å². The van der Waals surface area contributed by atoms with E-state index in [-0.39, 0.29) is 31.6 Å². The molecule has 0 bridgehead atoms. The first kappa shape index (κ1) is 26.0. The van der Waals surface area contributed by atoms with E-state index >= 15 is 0 Å². The number of hydrogen-bond acceptors (Lipinski definition) is 4. The molecule has 1 saturated heterocycles. The van der Waals surface area contributed by atoms with Crippen molar-refractivity contribution in [3.8, 4) is 0 Å². The summed E-state index contributed by atoms with van der Waals surface area (Å²) in [4.78, 5) is 5.91. The number of nitrogens with zero attached hydrogens (tertiary/aromatic N) is 1. The molecule has 0 saturated carbocycles. The summed E-state index contributed by atoms with van der Waals surface area (Å²) in [6.45, 7) is 13.3. The summed E-state index contributed by atoms with van der Waals surface area (Å²) < 4.78 is 30.6. The zero-order valence-electron chi connectivity index (χ0n) is 21.2. The molecule has 186 valence electrons. The molecule has 3 aliphatic rings. The lowest BCUT2D eigenvalue weighted by atomic mass is 9.65. The lowest BCUT2D eigenvalue weighted by molar-refractivity contribution is 0.311. The Morgan fingerprint density at radius 3 is 2.62 bits per heavy atom. The van der Waals surface area contributed by atoms with Crippen molar-refractivity contribution in [1.82, 2.24) is 5.32 Å². The zero-order valence-corrected chi connectivity index (χ0v) is 24.2. The third-order valence-corrected chi connectivity index (χ3v) is 11.4. The summed E-state index contributed by atoms with van der Waals surface area (Å²) >= 11 is -0.187. The van der Waals surface area contributed by atoms with Gasteiger partial charge >= 0.3 is 0 Å². The summed E-state index contributed by atoms with van der Waals surface area (Å²) in [5.41, 5.74) is 2.96. The molecule has 1 fully saturated rings. The monoisotopic (exact) mass is 594 g/mol. The minimum absolute atomic E-state index is 0.0822. The molecule has 4 nitrogen and oxygen atoms in total. The number of rotatable bonds is 7. The second-order valence-corrected chi connectivity index (χ2v) is 15.8. The van der Waals surface area contributed by atoms with Crippen molar-refractivity contribution in [3.63, 3.8) is 0 Å². The van der Waals surface area contributed by atoms with Gasteiger partial charge in [-0.05, 0) is 88.6 Å². The molecule has 6 heteroatoms. The van der Waals surface area contributed by atoms with Crippen LogP contribution in [0, 0.1) is 11.3 Å². The van der Waals surface area contributed by atoms with Gasteiger partial charge in [-0.2, -0.15) is 0 Å². The van der Waals surface area contributed by atoms with Gasteiger partial charge in [0.1, 0.15) is 0 Å². The average Bonchev–Trinajstić information content (AvgIpc) is 3.10. The Kier molecular flexibility index (Phi) is 7.71. The molecule has 1 aromatic rings. The highest BCUT2D eigenvalue weighted by molar-refractivity contribution is 14.2. The van der Waals surface area contributed by atoms with Crippen molar-refractivity contribution in [1.29, 1.82) is 0 Å². The van der Waals surface area contributed by atoms with Gasteiger partial charge in [0.05, 0.1) is 15.5 Å². The van der Waals surface area contributed by atoms with E-state index in [0.29, 0.717) is 15.7 Å². The van der Waals surface area contributed by atoms with Crippen molar-refractivity contribution in [3.05, 3.63) is 44.9 Å². The first-order valence-corrected chi connectivity index (χ1v) is 16.4. The molecule has 1 aromatic carbocycles. The van der Waals surface area contributed by atoms with Gasteiger partial charge < -0.3 is 5.32 Å². The second kappa shape index (κ2) is 10.1. The fourth-order valence-electron chi connectivity index (χ4n) is 5.66. The maximum absolute atomic E-state index is 13.6. The molecule has 4 rings (SSSR count). The number of hydrogen-bond donors (Lipinski definition) is 1. The highest BCUT2D eigenvalue weighted by atomic mass is 127. The fourth-order valence-corrected chi connectivity index (χ4v) is 9.68. The third kappa shape index (κ3) is 5.19. The molecule has 0 radical (unpaired) electrons. The molecular formula is C28H39IN2O2S. The van der Waals surface area contributed by atoms with Crippen molar-refractivity contribution in [2.45, 2.75) is 83.5 Å². The number of halogens is 1. The molecule has 0 aliphatic carbocycles. The highest BCUT2D eigenvalue weighted by Crippen LogP contribution is 2.50. The minimum atomic E-state index is -3.57. The number of unbranched alkanes of at least 4 members (excludes halogenated alkanes) is 1. The van der Waals surface area contributed by atoms with Crippen LogP contribution in [0.15, 0.2) is 49.2 Å². The van der Waals surface area contributed by atoms with Crippen molar-refractivity contribution >= 4 is 45.5 Å². The third-order valence-electron chi connectivity index (χ3n) is 7.30. The van der Waals surface area contributed by atoms with E-state index < -0.39 is 9.84 Å². The van der Waals surface area contributed by atoms with Crippen LogP contribution in [0.25, 0.3) is 0 Å². The van der Waals surface area contributed by atoms with Crippen LogP contribution < -0.4 is 5.32 Å². The van der Waals surface area contributed by atoms with Crippen LogP contribution in [0.3, 0.4) is 0 Å². The molecule has 3 aliphatic heterocycles. The number of piperidine rings is 1. The Hall–Kier alpha value is -1.12. The van der Waals surface area contributed by atoms with Crippen LogP contribution in [0.4, 0.5) is 5.69 Å². The number of allylic oxidation sites excluding steroid dienone is 2. The molecule has 0 unspecified atom stereocenters. The van der Waals surface area contributed by atoms with E-state index in [0.717, 1.165) is 44.5 Å². The van der Waals surface area contributed by atoms with Gasteiger partial charge in [-0.25, -0.2) is 8.42 Å². The SMILES string of the molecule is CCCCC1=IC=CC(S(=O)(=O)c2ccc3c(c2)N=C(C(C)(C)C)[C@@]3(C)CC2CCNCC2)=C1. The predicted octanol–water partition coefficient (Wildman–Crippen LogP) is 6.98. The van der Waals surface area contributed by atoms with Crippen LogP contribution >= 0.6 is 20.7 Å². The first-order valence-electron chi connectivity index (χ1n) is 12.6. The summed E-state index contributed by atoms with van der Waals surface area (Å²) in [6.07, 6.45) is 10.5. The van der Waals surface area contributed by atoms with Crippen molar-refractivity contribution in [2.24, 2.45) is 16.3 Å². The van der Waals surface area contributed by atoms with Gasteiger partial charge in [0, 0.05) is 16.5 Å². The van der Waals surface area contributed by atoms with Gasteiger partial charge in [-0.15, -0.1) is 0 Å². The second-order valence-electron chi connectivity index (χ2n) is 11.1. The van der Waals surface area contributed by atoms with Gasteiger partial charge in [0.2, 0.25) is 9.84 Å². The average molecular weight is 595 g/mol. The minimum Gasteiger partial charge on any atom is -0.317 e. The van der Waals surface area contributed by atoms with Gasteiger partial charge in [-0.1, -0.05) is 67.8 Å². The quantitative estimate of drug-likeness (QED) is 0.347. The van der Waals surface area contributed by atoms with E-state index in [2.05, 4.69) is 44.0 Å². The summed E-state index contributed by atoms with van der Waals surface area (Å²) in [7, 11) is -3.57. The van der Waals surface area contributed by atoms with E-state index in [9.17, 15) is 8.42 Å². The Balaban J connectivity index is 1.70. The van der Waals surface area contributed by atoms with Crippen LogP contribution in [0.5, 0.6) is 0 Å². The van der Waals surface area contributed by atoms with Crippen LogP contribution in [0.1, 0.15) is 78.7 Å². The Labute approximate surface area is 216 Å². The number of benzene rings is 1. The zero-order chi connectivity index (χ0) is 24.6. The van der Waals surface area contributed by atoms with Crippen molar-refractivity contribution in [2.75, 3.05) is 13.1 Å². The Morgan fingerprint density at radius 1 is 1.21 bits per heavy atom. The smallest absolute Gasteiger partial charge is 0.206 e. The topological polar surface area (TPSA) is 58.5 Å². The molecule has 3 heterocycles. The summed E-state index contributed by atoms with van der Waals surface area (Å²) in [6, 6.07) is 5.70. The maximum Gasteiger partial charge on any atom is 0.206 e. The van der Waals surface area contributed by atoms with E-state index in [4.69, 9.17) is 4.99 Å². The molecule has 1 N–H and O–H groups in total. The Bertz CT molecular complexity index is 1170. The van der Waals surface area contributed by atoms with Gasteiger partial charge in [0.25, 0.3) is 0 Å². The molecule has 0 spiro atoms. The number of nitrogens with one attached hydrogen (secondary N) is 1. The molecular weight excluding hydrogens is 555 g/mol. The number of fused-ring (bicyclic) bond motifs is 1.